The highest BCUT2D eigenvalue weighted by Crippen LogP contribution is 2.34. The normalized spacial score (nSPS) is 18.5. The van der Waals surface area contributed by atoms with Gasteiger partial charge in [0.05, 0.1) is 0 Å². The fourth-order valence-corrected chi connectivity index (χ4v) is 2.85. The van der Waals surface area contributed by atoms with Crippen LogP contribution in [0.3, 0.4) is 0 Å². The molecule has 0 saturated carbocycles. The van der Waals surface area contributed by atoms with E-state index in [4.69, 9.17) is 5.73 Å². The molecule has 0 radical (unpaired) electrons. The lowest BCUT2D eigenvalue weighted by molar-refractivity contribution is 0.578. The zero-order valence-electron chi connectivity index (χ0n) is 11.0. The first-order chi connectivity index (χ1) is 9.65. The standard InChI is InChI=1S/C16H16F2N2/c17-14-8-13(19)9-15(18)16(14)20-7-6-12(10-20)11-4-2-1-3-5-11/h1-5,8-9,12H,6-7,10,19H2. The van der Waals surface area contributed by atoms with Gasteiger partial charge in [-0.1, -0.05) is 30.3 Å². The molecule has 1 atom stereocenters. The Kier molecular flexibility index (Phi) is 3.30. The average Bonchev–Trinajstić information content (AvgIpc) is 2.88. The highest BCUT2D eigenvalue weighted by Gasteiger charge is 2.27. The largest absolute Gasteiger partial charge is 0.399 e. The van der Waals surface area contributed by atoms with Gasteiger partial charge in [-0.05, 0) is 24.1 Å². The molecule has 20 heavy (non-hydrogen) atoms. The molecular formula is C16H16F2N2. The minimum Gasteiger partial charge on any atom is -0.399 e. The zero-order valence-corrected chi connectivity index (χ0v) is 11.0. The molecule has 0 amide bonds. The van der Waals surface area contributed by atoms with Gasteiger partial charge in [-0.2, -0.15) is 0 Å². The highest BCUT2D eigenvalue weighted by molar-refractivity contribution is 5.56. The lowest BCUT2D eigenvalue weighted by Crippen LogP contribution is -2.22. The summed E-state index contributed by atoms with van der Waals surface area (Å²) in [5, 5.41) is 0. The molecule has 1 fully saturated rings. The van der Waals surface area contributed by atoms with Crippen molar-refractivity contribution in [2.75, 3.05) is 23.7 Å². The smallest absolute Gasteiger partial charge is 0.151 e. The van der Waals surface area contributed by atoms with Gasteiger partial charge in [0, 0.05) is 24.7 Å². The number of hydrogen-bond acceptors (Lipinski definition) is 2. The van der Waals surface area contributed by atoms with Gasteiger partial charge in [-0.3, -0.25) is 0 Å². The van der Waals surface area contributed by atoms with E-state index in [2.05, 4.69) is 12.1 Å². The van der Waals surface area contributed by atoms with Gasteiger partial charge in [0.2, 0.25) is 0 Å². The Hall–Kier alpha value is -2.10. The molecule has 2 N–H and O–H groups in total. The predicted octanol–water partition coefficient (Wildman–Crippen LogP) is 3.54. The molecule has 4 heteroatoms. The van der Waals surface area contributed by atoms with Crippen molar-refractivity contribution in [1.29, 1.82) is 0 Å². The number of hydrogen-bond donors (Lipinski definition) is 1. The summed E-state index contributed by atoms with van der Waals surface area (Å²) >= 11 is 0. The minimum absolute atomic E-state index is 0.0395. The van der Waals surface area contributed by atoms with E-state index >= 15 is 0 Å². The Morgan fingerprint density at radius 1 is 1.05 bits per heavy atom. The van der Waals surface area contributed by atoms with E-state index < -0.39 is 11.6 Å². The second-order valence-electron chi connectivity index (χ2n) is 5.18. The van der Waals surface area contributed by atoms with Crippen LogP contribution in [0.5, 0.6) is 0 Å². The molecule has 0 spiro atoms. The van der Waals surface area contributed by atoms with Crippen LogP contribution in [0.4, 0.5) is 20.2 Å². The first-order valence-electron chi connectivity index (χ1n) is 6.69. The van der Waals surface area contributed by atoms with Gasteiger partial charge in [0.25, 0.3) is 0 Å². The van der Waals surface area contributed by atoms with Crippen molar-refractivity contribution in [1.82, 2.24) is 0 Å². The summed E-state index contributed by atoms with van der Waals surface area (Å²) in [5.41, 5.74) is 6.81. The molecule has 1 aliphatic heterocycles. The first-order valence-corrected chi connectivity index (χ1v) is 6.69. The SMILES string of the molecule is Nc1cc(F)c(N2CCC(c3ccccc3)C2)c(F)c1. The number of nitrogens with two attached hydrogens (primary N) is 1. The Balaban J connectivity index is 1.85. The van der Waals surface area contributed by atoms with Crippen LogP contribution in [-0.4, -0.2) is 13.1 Å². The summed E-state index contributed by atoms with van der Waals surface area (Å²) in [7, 11) is 0. The van der Waals surface area contributed by atoms with Crippen molar-refractivity contribution in [3.8, 4) is 0 Å². The van der Waals surface area contributed by atoms with Crippen LogP contribution in [0.15, 0.2) is 42.5 Å². The second-order valence-corrected chi connectivity index (χ2v) is 5.18. The van der Waals surface area contributed by atoms with E-state index in [9.17, 15) is 8.78 Å². The van der Waals surface area contributed by atoms with Crippen molar-refractivity contribution in [2.24, 2.45) is 0 Å². The van der Waals surface area contributed by atoms with E-state index in [1.807, 2.05) is 18.2 Å². The molecule has 1 unspecified atom stereocenters. The second kappa shape index (κ2) is 5.12. The van der Waals surface area contributed by atoms with Crippen molar-refractivity contribution < 1.29 is 8.78 Å². The molecule has 0 aromatic heterocycles. The Labute approximate surface area is 116 Å². The lowest BCUT2D eigenvalue weighted by atomic mass is 9.99. The maximum absolute atomic E-state index is 13.9. The third-order valence-corrected chi connectivity index (χ3v) is 3.81. The van der Waals surface area contributed by atoms with Crippen molar-refractivity contribution >= 4 is 11.4 Å². The molecular weight excluding hydrogens is 258 g/mol. The van der Waals surface area contributed by atoms with Gasteiger partial charge in [0.15, 0.2) is 11.6 Å². The van der Waals surface area contributed by atoms with Crippen LogP contribution >= 0.6 is 0 Å². The molecule has 104 valence electrons. The van der Waals surface area contributed by atoms with Crippen LogP contribution in [0.25, 0.3) is 0 Å². The van der Waals surface area contributed by atoms with Crippen molar-refractivity contribution in [2.45, 2.75) is 12.3 Å². The maximum Gasteiger partial charge on any atom is 0.151 e. The third kappa shape index (κ3) is 2.33. The van der Waals surface area contributed by atoms with Gasteiger partial charge in [-0.25, -0.2) is 8.78 Å². The van der Waals surface area contributed by atoms with E-state index in [1.165, 1.54) is 17.7 Å². The quantitative estimate of drug-likeness (QED) is 0.849. The molecule has 1 saturated heterocycles. The number of halogens is 2. The molecule has 1 aliphatic rings. The number of benzene rings is 2. The van der Waals surface area contributed by atoms with E-state index in [1.54, 1.807) is 4.90 Å². The fraction of sp³-hybridized carbons (Fsp3) is 0.250. The molecule has 2 nitrogen and oxygen atoms in total. The van der Waals surface area contributed by atoms with Crippen LogP contribution in [-0.2, 0) is 0 Å². The summed E-state index contributed by atoms with van der Waals surface area (Å²) in [4.78, 5) is 1.77. The molecule has 2 aromatic carbocycles. The lowest BCUT2D eigenvalue weighted by Gasteiger charge is -2.20. The number of anilines is 2. The van der Waals surface area contributed by atoms with E-state index in [0.29, 0.717) is 19.0 Å². The van der Waals surface area contributed by atoms with Crippen molar-refractivity contribution in [3.05, 3.63) is 59.7 Å². The topological polar surface area (TPSA) is 29.3 Å². The van der Waals surface area contributed by atoms with E-state index in [0.717, 1.165) is 6.42 Å². The van der Waals surface area contributed by atoms with Crippen molar-refractivity contribution in [3.63, 3.8) is 0 Å². The van der Waals surface area contributed by atoms with E-state index in [-0.39, 0.29) is 11.4 Å². The van der Waals surface area contributed by atoms with Crippen LogP contribution in [0.2, 0.25) is 0 Å². The molecule has 3 rings (SSSR count). The Morgan fingerprint density at radius 2 is 1.70 bits per heavy atom. The monoisotopic (exact) mass is 274 g/mol. The number of nitrogen functional groups attached to an aromatic ring is 1. The summed E-state index contributed by atoms with van der Waals surface area (Å²) in [6.45, 7) is 1.28. The Bertz CT molecular complexity index is 590. The first kappa shape index (κ1) is 12.9. The van der Waals surface area contributed by atoms with Crippen LogP contribution in [0.1, 0.15) is 17.9 Å². The molecule has 0 bridgehead atoms. The maximum atomic E-state index is 13.9. The predicted molar refractivity (Wildman–Crippen MR) is 76.8 cm³/mol. The highest BCUT2D eigenvalue weighted by atomic mass is 19.1. The average molecular weight is 274 g/mol. The van der Waals surface area contributed by atoms with Gasteiger partial charge in [-0.15, -0.1) is 0 Å². The van der Waals surface area contributed by atoms with Gasteiger partial charge in [0.1, 0.15) is 5.69 Å². The molecule has 1 heterocycles. The van der Waals surface area contributed by atoms with Crippen LogP contribution in [0, 0.1) is 11.6 Å². The molecule has 2 aromatic rings. The summed E-state index contributed by atoms with van der Waals surface area (Å²) in [6.07, 6.45) is 0.896. The minimum atomic E-state index is -0.587. The summed E-state index contributed by atoms with van der Waals surface area (Å²) in [5.74, 6) is -0.861. The van der Waals surface area contributed by atoms with Gasteiger partial charge < -0.3 is 10.6 Å². The number of nitrogens with zero attached hydrogens (tertiary/aromatic N) is 1. The van der Waals surface area contributed by atoms with Crippen LogP contribution < -0.4 is 10.6 Å². The zero-order chi connectivity index (χ0) is 14.1. The molecule has 0 aliphatic carbocycles. The Morgan fingerprint density at radius 3 is 2.35 bits per heavy atom. The third-order valence-electron chi connectivity index (χ3n) is 3.81. The van der Waals surface area contributed by atoms with Gasteiger partial charge >= 0.3 is 0 Å². The fourth-order valence-electron chi connectivity index (χ4n) is 2.85. The number of rotatable bonds is 2. The summed E-state index contributed by atoms with van der Waals surface area (Å²) < 4.78 is 27.9. The summed E-state index contributed by atoms with van der Waals surface area (Å²) in [6, 6.07) is 12.4.